The highest BCUT2D eigenvalue weighted by Gasteiger charge is 2.11. The van der Waals surface area contributed by atoms with Crippen LogP contribution < -0.4 is 5.56 Å². The summed E-state index contributed by atoms with van der Waals surface area (Å²) in [6.07, 6.45) is 2.50. The van der Waals surface area contributed by atoms with Crippen LogP contribution in [0.3, 0.4) is 0 Å². The number of hydrogen-bond donors (Lipinski definition) is 2. The molecule has 0 unspecified atom stereocenters. The van der Waals surface area contributed by atoms with E-state index in [9.17, 15) is 9.59 Å². The van der Waals surface area contributed by atoms with Crippen LogP contribution in [-0.2, 0) is 0 Å². The van der Waals surface area contributed by atoms with Crippen LogP contribution in [0.15, 0.2) is 75.5 Å². The summed E-state index contributed by atoms with van der Waals surface area (Å²) in [5.41, 5.74) is 0.215. The van der Waals surface area contributed by atoms with E-state index in [0.717, 1.165) is 9.79 Å². The Bertz CT molecular complexity index is 1170. The van der Waals surface area contributed by atoms with Crippen molar-refractivity contribution in [3.63, 3.8) is 0 Å². The number of fused-ring (bicyclic) bond motifs is 1. The van der Waals surface area contributed by atoms with Gasteiger partial charge in [-0.3, -0.25) is 9.78 Å². The number of nitrogens with one attached hydrogen (secondary N) is 1. The average Bonchev–Trinajstić information content (AvgIpc) is 3.13. The van der Waals surface area contributed by atoms with Crippen LogP contribution in [0.2, 0.25) is 0 Å². The van der Waals surface area contributed by atoms with E-state index in [1.165, 1.54) is 17.1 Å². The van der Waals surface area contributed by atoms with Gasteiger partial charge in [-0.05, 0) is 30.3 Å². The summed E-state index contributed by atoms with van der Waals surface area (Å²) >= 11 is 1.57. The van der Waals surface area contributed by atoms with Gasteiger partial charge in [0.2, 0.25) is 5.95 Å². The molecule has 2 aromatic heterocycles. The second-order valence-corrected chi connectivity index (χ2v) is 6.61. The number of carbonyl (C=O) groups is 1. The molecular formula is C18H12N4O3S. The van der Waals surface area contributed by atoms with Crippen molar-refractivity contribution in [1.82, 2.24) is 19.7 Å². The van der Waals surface area contributed by atoms with Gasteiger partial charge in [-0.15, -0.1) is 0 Å². The maximum Gasteiger partial charge on any atom is 0.338 e. The Balaban J connectivity index is 1.76. The van der Waals surface area contributed by atoms with Crippen molar-refractivity contribution < 1.29 is 9.90 Å². The van der Waals surface area contributed by atoms with Gasteiger partial charge in [0.1, 0.15) is 0 Å². The molecule has 0 bridgehead atoms. The van der Waals surface area contributed by atoms with Gasteiger partial charge in [0, 0.05) is 16.0 Å². The minimum atomic E-state index is -1.10. The maximum atomic E-state index is 12.3. The van der Waals surface area contributed by atoms with E-state index in [1.54, 1.807) is 17.8 Å². The van der Waals surface area contributed by atoms with E-state index < -0.39 is 5.97 Å². The minimum absolute atomic E-state index is 0.0149. The van der Waals surface area contributed by atoms with Crippen molar-refractivity contribution in [3.8, 4) is 5.95 Å². The van der Waals surface area contributed by atoms with Gasteiger partial charge in [0.25, 0.3) is 5.56 Å². The highest BCUT2D eigenvalue weighted by Crippen LogP contribution is 2.28. The van der Waals surface area contributed by atoms with Gasteiger partial charge < -0.3 is 5.11 Å². The summed E-state index contributed by atoms with van der Waals surface area (Å²) in [5, 5.41) is 13.4. The van der Waals surface area contributed by atoms with Crippen molar-refractivity contribution in [2.75, 3.05) is 0 Å². The second kappa shape index (κ2) is 6.49. The zero-order chi connectivity index (χ0) is 18.1. The van der Waals surface area contributed by atoms with Crippen LogP contribution in [0.5, 0.6) is 0 Å². The van der Waals surface area contributed by atoms with Crippen molar-refractivity contribution in [2.24, 2.45) is 0 Å². The van der Waals surface area contributed by atoms with E-state index in [4.69, 9.17) is 5.11 Å². The summed E-state index contributed by atoms with van der Waals surface area (Å²) in [4.78, 5) is 32.4. The molecule has 2 aromatic carbocycles. The molecule has 0 atom stereocenters. The molecule has 2 N–H and O–H groups in total. The predicted octanol–water partition coefficient (Wildman–Crippen LogP) is 2.96. The van der Waals surface area contributed by atoms with E-state index in [0.29, 0.717) is 10.9 Å². The number of benzene rings is 2. The normalized spacial score (nSPS) is 10.9. The molecule has 0 amide bonds. The zero-order valence-corrected chi connectivity index (χ0v) is 14.1. The molecule has 0 aliphatic carbocycles. The fourth-order valence-corrected chi connectivity index (χ4v) is 3.32. The van der Waals surface area contributed by atoms with E-state index >= 15 is 0 Å². The monoisotopic (exact) mass is 364 g/mol. The number of H-pyrrole nitrogens is 1. The first-order valence-corrected chi connectivity index (χ1v) is 8.47. The highest BCUT2D eigenvalue weighted by molar-refractivity contribution is 7.99. The molecule has 128 valence electrons. The fourth-order valence-electron chi connectivity index (χ4n) is 2.45. The molecule has 4 aromatic rings. The van der Waals surface area contributed by atoms with Gasteiger partial charge in [0.05, 0.1) is 22.7 Å². The molecule has 8 heteroatoms. The van der Waals surface area contributed by atoms with Gasteiger partial charge in [-0.1, -0.05) is 30.0 Å². The Kier molecular flexibility index (Phi) is 4.02. The van der Waals surface area contributed by atoms with Crippen molar-refractivity contribution in [2.45, 2.75) is 9.79 Å². The van der Waals surface area contributed by atoms with Crippen molar-refractivity contribution in [1.29, 1.82) is 0 Å². The number of aromatic carboxylic acids is 1. The SMILES string of the molecule is O=C(O)c1cnn(-c2nc3cc(Sc4ccccc4)ccc3c(=O)[nH]2)c1. The maximum absolute atomic E-state index is 12.3. The molecule has 0 saturated heterocycles. The third kappa shape index (κ3) is 3.09. The Hall–Kier alpha value is -3.39. The van der Waals surface area contributed by atoms with Crippen LogP contribution >= 0.6 is 11.8 Å². The summed E-state index contributed by atoms with van der Waals surface area (Å²) in [6.45, 7) is 0. The fraction of sp³-hybridized carbons (Fsp3) is 0. The number of nitrogens with zero attached hydrogens (tertiary/aromatic N) is 3. The van der Waals surface area contributed by atoms with Crippen LogP contribution in [0.25, 0.3) is 16.9 Å². The van der Waals surface area contributed by atoms with Gasteiger partial charge >= 0.3 is 5.97 Å². The minimum Gasteiger partial charge on any atom is -0.478 e. The molecule has 0 aliphatic rings. The topological polar surface area (TPSA) is 101 Å². The number of aromatic nitrogens is 4. The first-order valence-electron chi connectivity index (χ1n) is 7.65. The van der Waals surface area contributed by atoms with Crippen molar-refractivity contribution >= 4 is 28.6 Å². The molecule has 0 fully saturated rings. The van der Waals surface area contributed by atoms with E-state index in [2.05, 4.69) is 15.1 Å². The van der Waals surface area contributed by atoms with Gasteiger partial charge in [-0.2, -0.15) is 5.10 Å². The molecule has 4 rings (SSSR count). The smallest absolute Gasteiger partial charge is 0.338 e. The lowest BCUT2D eigenvalue weighted by molar-refractivity contribution is 0.0697. The lowest BCUT2D eigenvalue weighted by Crippen LogP contribution is -2.13. The molecule has 0 aliphatic heterocycles. The predicted molar refractivity (Wildman–Crippen MR) is 97.0 cm³/mol. The number of aromatic amines is 1. The average molecular weight is 364 g/mol. The first-order chi connectivity index (χ1) is 12.6. The Morgan fingerprint density at radius 3 is 2.65 bits per heavy atom. The summed E-state index contributed by atoms with van der Waals surface area (Å²) in [5.74, 6) is -0.933. The van der Waals surface area contributed by atoms with Crippen LogP contribution in [0.4, 0.5) is 0 Å². The van der Waals surface area contributed by atoms with E-state index in [1.807, 2.05) is 42.5 Å². The number of carboxylic acids is 1. The molecule has 26 heavy (non-hydrogen) atoms. The second-order valence-electron chi connectivity index (χ2n) is 5.46. The molecule has 7 nitrogen and oxygen atoms in total. The third-order valence-electron chi connectivity index (χ3n) is 3.69. The lowest BCUT2D eigenvalue weighted by atomic mass is 10.2. The summed E-state index contributed by atoms with van der Waals surface area (Å²) in [7, 11) is 0. The number of carboxylic acid groups (broad SMARTS) is 1. The van der Waals surface area contributed by atoms with E-state index in [-0.39, 0.29) is 17.1 Å². The van der Waals surface area contributed by atoms with Gasteiger partial charge in [-0.25, -0.2) is 14.5 Å². The highest BCUT2D eigenvalue weighted by atomic mass is 32.2. The molecular weight excluding hydrogens is 352 g/mol. The lowest BCUT2D eigenvalue weighted by Gasteiger charge is -2.05. The van der Waals surface area contributed by atoms with Gasteiger partial charge in [0.15, 0.2) is 0 Å². The molecule has 2 heterocycles. The third-order valence-corrected chi connectivity index (χ3v) is 4.69. The Labute approximate surface area is 151 Å². The molecule has 0 spiro atoms. The van der Waals surface area contributed by atoms with Crippen LogP contribution in [0, 0.1) is 0 Å². The molecule has 0 saturated carbocycles. The number of hydrogen-bond acceptors (Lipinski definition) is 5. The quantitative estimate of drug-likeness (QED) is 0.577. The Morgan fingerprint density at radius 1 is 1.12 bits per heavy atom. The standard InChI is InChI=1S/C18H12N4O3S/c23-16-14-7-6-13(26-12-4-2-1-3-5-12)8-15(14)20-18(21-16)22-10-11(9-19-22)17(24)25/h1-10H,(H,24,25)(H,20,21,23). The Morgan fingerprint density at radius 2 is 1.92 bits per heavy atom. The first kappa shape index (κ1) is 16.1. The summed E-state index contributed by atoms with van der Waals surface area (Å²) < 4.78 is 1.24. The van der Waals surface area contributed by atoms with Crippen LogP contribution in [-0.4, -0.2) is 30.8 Å². The number of rotatable bonds is 4. The van der Waals surface area contributed by atoms with Crippen molar-refractivity contribution in [3.05, 3.63) is 76.8 Å². The van der Waals surface area contributed by atoms with Crippen LogP contribution in [0.1, 0.15) is 10.4 Å². The summed E-state index contributed by atoms with van der Waals surface area (Å²) in [6, 6.07) is 15.3. The largest absolute Gasteiger partial charge is 0.478 e. The zero-order valence-electron chi connectivity index (χ0n) is 13.3. The molecule has 0 radical (unpaired) electrons.